The van der Waals surface area contributed by atoms with E-state index in [2.05, 4.69) is 14.9 Å². The molecule has 0 fully saturated rings. The topological polar surface area (TPSA) is 78.9 Å². The third-order valence-corrected chi connectivity index (χ3v) is 2.94. The van der Waals surface area contributed by atoms with Gasteiger partial charge in [0, 0.05) is 37.6 Å². The first kappa shape index (κ1) is 14.0. The molecular weight excluding hydrogens is 250 g/mol. The van der Waals surface area contributed by atoms with Gasteiger partial charge in [-0.2, -0.15) is 0 Å². The van der Waals surface area contributed by atoms with E-state index in [0.717, 1.165) is 17.1 Å². The summed E-state index contributed by atoms with van der Waals surface area (Å²) in [5, 5.41) is 7.39. The van der Waals surface area contributed by atoms with Crippen LogP contribution in [0, 0.1) is 12.3 Å². The molecule has 5 nitrogen and oxygen atoms in total. The molecule has 2 aromatic heterocycles. The van der Waals surface area contributed by atoms with Crippen molar-refractivity contribution in [2.45, 2.75) is 19.9 Å². The second-order valence-corrected chi connectivity index (χ2v) is 4.70. The molecule has 5 heteroatoms. The molecule has 0 spiro atoms. The van der Waals surface area contributed by atoms with Gasteiger partial charge in [0.15, 0.2) is 0 Å². The normalized spacial score (nSPS) is 10.2. The van der Waals surface area contributed by atoms with Gasteiger partial charge in [-0.3, -0.25) is 10.4 Å². The highest BCUT2D eigenvalue weighted by atomic mass is 15.2. The zero-order valence-electron chi connectivity index (χ0n) is 11.6. The molecule has 20 heavy (non-hydrogen) atoms. The number of nitrogens with one attached hydrogen (secondary N) is 1. The molecule has 2 aromatic rings. The minimum atomic E-state index is 0.189. The Kier molecular flexibility index (Phi) is 4.65. The molecule has 0 aliphatic carbocycles. The number of hydrogen-bond donors (Lipinski definition) is 2. The molecular formula is C15H19N5. The summed E-state index contributed by atoms with van der Waals surface area (Å²) >= 11 is 0. The summed E-state index contributed by atoms with van der Waals surface area (Å²) in [5.74, 6) is 1.09. The predicted molar refractivity (Wildman–Crippen MR) is 80.8 cm³/mol. The Morgan fingerprint density at radius 2 is 2.15 bits per heavy atom. The van der Waals surface area contributed by atoms with E-state index in [9.17, 15) is 0 Å². The third kappa shape index (κ3) is 4.05. The van der Waals surface area contributed by atoms with E-state index in [-0.39, 0.29) is 5.84 Å². The van der Waals surface area contributed by atoms with Gasteiger partial charge >= 0.3 is 0 Å². The lowest BCUT2D eigenvalue weighted by Gasteiger charge is -2.23. The van der Waals surface area contributed by atoms with Crippen LogP contribution in [0.25, 0.3) is 0 Å². The van der Waals surface area contributed by atoms with Crippen LogP contribution in [-0.4, -0.2) is 22.3 Å². The average molecular weight is 269 g/mol. The van der Waals surface area contributed by atoms with Crippen molar-refractivity contribution >= 4 is 11.7 Å². The van der Waals surface area contributed by atoms with E-state index in [4.69, 9.17) is 11.1 Å². The molecule has 3 N–H and O–H groups in total. The van der Waals surface area contributed by atoms with Crippen LogP contribution in [0.2, 0.25) is 0 Å². The summed E-state index contributed by atoms with van der Waals surface area (Å²) in [7, 11) is 0. The van der Waals surface area contributed by atoms with E-state index < -0.39 is 0 Å². The fraction of sp³-hybridized carbons (Fsp3) is 0.267. The van der Waals surface area contributed by atoms with Gasteiger partial charge in [-0.25, -0.2) is 4.98 Å². The van der Waals surface area contributed by atoms with Crippen molar-refractivity contribution in [2.24, 2.45) is 5.73 Å². The van der Waals surface area contributed by atoms with Gasteiger partial charge in [0.25, 0.3) is 0 Å². The molecule has 0 radical (unpaired) electrons. The first-order valence-corrected chi connectivity index (χ1v) is 6.55. The van der Waals surface area contributed by atoms with Gasteiger partial charge in [-0.15, -0.1) is 0 Å². The molecule has 104 valence electrons. The lowest BCUT2D eigenvalue weighted by molar-refractivity contribution is 0.781. The molecule has 0 unspecified atom stereocenters. The number of nitrogens with zero attached hydrogens (tertiary/aromatic N) is 3. The zero-order chi connectivity index (χ0) is 14.4. The lowest BCUT2D eigenvalue weighted by atomic mass is 10.2. The van der Waals surface area contributed by atoms with Crippen LogP contribution < -0.4 is 10.6 Å². The Morgan fingerprint density at radius 3 is 2.80 bits per heavy atom. The molecule has 0 aliphatic rings. The maximum atomic E-state index is 7.39. The molecule has 2 heterocycles. The molecule has 0 saturated heterocycles. The second-order valence-electron chi connectivity index (χ2n) is 4.70. The van der Waals surface area contributed by atoms with Gasteiger partial charge in [-0.1, -0.05) is 12.1 Å². The fourth-order valence-electron chi connectivity index (χ4n) is 1.95. The maximum absolute atomic E-state index is 7.39. The maximum Gasteiger partial charge on any atom is 0.129 e. The number of amidine groups is 1. The summed E-state index contributed by atoms with van der Waals surface area (Å²) in [4.78, 5) is 10.8. The van der Waals surface area contributed by atoms with E-state index in [1.165, 1.54) is 0 Å². The van der Waals surface area contributed by atoms with Crippen molar-refractivity contribution in [1.29, 1.82) is 5.41 Å². The smallest absolute Gasteiger partial charge is 0.129 e. The summed E-state index contributed by atoms with van der Waals surface area (Å²) in [6.45, 7) is 3.34. The van der Waals surface area contributed by atoms with Crippen molar-refractivity contribution in [2.75, 3.05) is 11.4 Å². The van der Waals surface area contributed by atoms with E-state index in [0.29, 0.717) is 19.5 Å². The van der Waals surface area contributed by atoms with Crippen LogP contribution in [0.1, 0.15) is 17.7 Å². The van der Waals surface area contributed by atoms with Crippen molar-refractivity contribution in [1.82, 2.24) is 9.97 Å². The first-order valence-electron chi connectivity index (χ1n) is 6.55. The number of anilines is 1. The molecule has 0 bridgehead atoms. The van der Waals surface area contributed by atoms with Crippen molar-refractivity contribution in [3.8, 4) is 0 Å². The SMILES string of the molecule is Cc1cccc(N(CCC(=N)N)Cc2cccnc2)n1. The number of aromatic nitrogens is 2. The Hall–Kier alpha value is -2.43. The standard InChI is InChI=1S/C15H19N5/c1-12-4-2-6-15(19-12)20(9-7-14(16)17)11-13-5-3-8-18-10-13/h2-6,8,10H,7,9,11H2,1H3,(H3,16,17). The number of nitrogens with two attached hydrogens (primary N) is 1. The summed E-state index contributed by atoms with van der Waals surface area (Å²) in [6.07, 6.45) is 4.13. The number of pyridine rings is 2. The van der Waals surface area contributed by atoms with Crippen LogP contribution in [0.4, 0.5) is 5.82 Å². The van der Waals surface area contributed by atoms with Crippen LogP contribution >= 0.6 is 0 Å². The zero-order valence-corrected chi connectivity index (χ0v) is 11.6. The van der Waals surface area contributed by atoms with Crippen molar-refractivity contribution in [3.05, 3.63) is 54.0 Å². The Bertz CT molecular complexity index is 567. The minimum absolute atomic E-state index is 0.189. The van der Waals surface area contributed by atoms with Crippen molar-refractivity contribution in [3.63, 3.8) is 0 Å². The minimum Gasteiger partial charge on any atom is -0.388 e. The average Bonchev–Trinajstić information content (AvgIpc) is 2.44. The quantitative estimate of drug-likeness (QED) is 0.622. The van der Waals surface area contributed by atoms with Crippen molar-refractivity contribution < 1.29 is 0 Å². The predicted octanol–water partition coefficient (Wildman–Crippen LogP) is 2.12. The monoisotopic (exact) mass is 269 g/mol. The van der Waals surface area contributed by atoms with Gasteiger partial charge in [-0.05, 0) is 30.7 Å². The van der Waals surface area contributed by atoms with Crippen LogP contribution in [0.15, 0.2) is 42.7 Å². The fourth-order valence-corrected chi connectivity index (χ4v) is 1.95. The van der Waals surface area contributed by atoms with E-state index in [1.807, 2.05) is 43.5 Å². The highest BCUT2D eigenvalue weighted by molar-refractivity contribution is 5.77. The highest BCUT2D eigenvalue weighted by Gasteiger charge is 2.09. The van der Waals surface area contributed by atoms with Gasteiger partial charge in [0.05, 0.1) is 5.84 Å². The van der Waals surface area contributed by atoms with Crippen LogP contribution in [0.3, 0.4) is 0 Å². The summed E-state index contributed by atoms with van der Waals surface area (Å²) in [6, 6.07) is 9.88. The molecule has 2 rings (SSSR count). The second kappa shape index (κ2) is 6.65. The first-order chi connectivity index (χ1) is 9.65. The Balaban J connectivity index is 2.18. The lowest BCUT2D eigenvalue weighted by Crippen LogP contribution is -2.28. The molecule has 0 atom stereocenters. The largest absolute Gasteiger partial charge is 0.388 e. The van der Waals surface area contributed by atoms with Crippen LogP contribution in [0.5, 0.6) is 0 Å². The molecule has 0 amide bonds. The summed E-state index contributed by atoms with van der Waals surface area (Å²) < 4.78 is 0. The number of rotatable bonds is 6. The van der Waals surface area contributed by atoms with Gasteiger partial charge in [0.1, 0.15) is 5.82 Å². The number of aryl methyl sites for hydroxylation is 1. The van der Waals surface area contributed by atoms with Gasteiger partial charge < -0.3 is 10.6 Å². The highest BCUT2D eigenvalue weighted by Crippen LogP contribution is 2.15. The van der Waals surface area contributed by atoms with E-state index in [1.54, 1.807) is 6.20 Å². The van der Waals surface area contributed by atoms with Gasteiger partial charge in [0.2, 0.25) is 0 Å². The Labute approximate surface area is 119 Å². The van der Waals surface area contributed by atoms with Crippen LogP contribution in [-0.2, 0) is 6.54 Å². The number of hydrogen-bond acceptors (Lipinski definition) is 4. The molecule has 0 aromatic carbocycles. The van der Waals surface area contributed by atoms with E-state index >= 15 is 0 Å². The Morgan fingerprint density at radius 1 is 1.30 bits per heavy atom. The molecule has 0 aliphatic heterocycles. The third-order valence-electron chi connectivity index (χ3n) is 2.94. The molecule has 0 saturated carbocycles. The summed E-state index contributed by atoms with van der Waals surface area (Å²) in [5.41, 5.74) is 7.55.